The standard InChI is InChI=1S/C28H41NO2S/c1-27-14-12-21(30)16-20(27)8-9-22-23-10-11-25(28(23,2)15-13-24(22)27)29-26(31)18-32-17-19-6-4-3-5-7-19/h3-7,20-25,30H,8-18H2,1-2H3,(H,29,31)/t20-,21-,22+,23+,24+,25+,27+,28+/m1/s1. The van der Waals surface area contributed by atoms with Crippen molar-refractivity contribution in [1.82, 2.24) is 5.32 Å². The summed E-state index contributed by atoms with van der Waals surface area (Å²) >= 11 is 1.72. The van der Waals surface area contributed by atoms with E-state index in [1.165, 1.54) is 44.1 Å². The Morgan fingerprint density at radius 3 is 2.56 bits per heavy atom. The van der Waals surface area contributed by atoms with Crippen molar-refractivity contribution in [3.8, 4) is 0 Å². The fourth-order valence-electron chi connectivity index (χ4n) is 8.54. The van der Waals surface area contributed by atoms with Gasteiger partial charge < -0.3 is 10.4 Å². The first kappa shape index (κ1) is 22.8. The second-order valence-electron chi connectivity index (χ2n) is 11.8. The highest BCUT2D eigenvalue weighted by atomic mass is 32.2. The molecule has 0 aromatic heterocycles. The molecule has 4 saturated carbocycles. The fraction of sp³-hybridized carbons (Fsp3) is 0.750. The molecule has 32 heavy (non-hydrogen) atoms. The highest BCUT2D eigenvalue weighted by molar-refractivity contribution is 7.99. The number of carbonyl (C=O) groups is 1. The van der Waals surface area contributed by atoms with Crippen molar-refractivity contribution in [1.29, 1.82) is 0 Å². The number of nitrogens with one attached hydrogen (secondary N) is 1. The van der Waals surface area contributed by atoms with Crippen molar-refractivity contribution in [2.24, 2.45) is 34.5 Å². The zero-order valence-electron chi connectivity index (χ0n) is 19.9. The van der Waals surface area contributed by atoms with Crippen LogP contribution in [0.3, 0.4) is 0 Å². The molecule has 4 aliphatic carbocycles. The Morgan fingerprint density at radius 2 is 1.75 bits per heavy atom. The van der Waals surface area contributed by atoms with Gasteiger partial charge in [-0.3, -0.25) is 4.79 Å². The number of aliphatic hydroxyl groups is 1. The number of amides is 1. The molecule has 1 aromatic carbocycles. The summed E-state index contributed by atoms with van der Waals surface area (Å²) in [6.45, 7) is 5.04. The molecule has 5 rings (SSSR count). The molecular formula is C28H41NO2S. The van der Waals surface area contributed by atoms with E-state index in [-0.39, 0.29) is 17.4 Å². The molecule has 1 amide bonds. The molecule has 4 heteroatoms. The van der Waals surface area contributed by atoms with Crippen LogP contribution in [0.1, 0.15) is 77.2 Å². The minimum absolute atomic E-state index is 0.0654. The van der Waals surface area contributed by atoms with E-state index in [4.69, 9.17) is 0 Å². The minimum atomic E-state index is -0.0654. The first-order chi connectivity index (χ1) is 15.4. The lowest BCUT2D eigenvalue weighted by Crippen LogP contribution is -2.56. The Kier molecular flexibility index (Phi) is 6.39. The van der Waals surface area contributed by atoms with Gasteiger partial charge in [-0.15, -0.1) is 11.8 Å². The predicted molar refractivity (Wildman–Crippen MR) is 132 cm³/mol. The quantitative estimate of drug-likeness (QED) is 0.589. The topological polar surface area (TPSA) is 49.3 Å². The van der Waals surface area contributed by atoms with Gasteiger partial charge in [0.15, 0.2) is 0 Å². The molecule has 3 nitrogen and oxygen atoms in total. The molecule has 0 unspecified atom stereocenters. The smallest absolute Gasteiger partial charge is 0.230 e. The van der Waals surface area contributed by atoms with Crippen LogP contribution in [-0.4, -0.2) is 28.9 Å². The molecule has 2 N–H and O–H groups in total. The largest absolute Gasteiger partial charge is 0.393 e. The Bertz CT molecular complexity index is 815. The number of benzene rings is 1. The Balaban J connectivity index is 1.20. The highest BCUT2D eigenvalue weighted by Crippen LogP contribution is 2.66. The van der Waals surface area contributed by atoms with Gasteiger partial charge in [-0.05, 0) is 97.9 Å². The van der Waals surface area contributed by atoms with E-state index >= 15 is 0 Å². The molecule has 0 spiro atoms. The van der Waals surface area contributed by atoms with Crippen LogP contribution in [-0.2, 0) is 10.5 Å². The summed E-state index contributed by atoms with van der Waals surface area (Å²) in [6, 6.07) is 10.8. The van der Waals surface area contributed by atoms with Gasteiger partial charge in [0, 0.05) is 11.8 Å². The lowest BCUT2D eigenvalue weighted by Gasteiger charge is -2.60. The number of hydrogen-bond donors (Lipinski definition) is 2. The molecule has 4 aliphatic rings. The van der Waals surface area contributed by atoms with Crippen LogP contribution < -0.4 is 5.32 Å². The monoisotopic (exact) mass is 455 g/mol. The molecule has 4 fully saturated rings. The molecular weight excluding hydrogens is 414 g/mol. The van der Waals surface area contributed by atoms with E-state index in [9.17, 15) is 9.90 Å². The predicted octanol–water partition coefficient (Wildman–Crippen LogP) is 5.81. The molecule has 0 heterocycles. The maximum absolute atomic E-state index is 12.8. The van der Waals surface area contributed by atoms with E-state index in [1.54, 1.807) is 11.8 Å². The van der Waals surface area contributed by atoms with E-state index in [2.05, 4.69) is 43.4 Å². The summed E-state index contributed by atoms with van der Waals surface area (Å²) < 4.78 is 0. The maximum Gasteiger partial charge on any atom is 0.230 e. The maximum atomic E-state index is 12.8. The van der Waals surface area contributed by atoms with Crippen molar-refractivity contribution in [3.05, 3.63) is 35.9 Å². The Morgan fingerprint density at radius 1 is 1.00 bits per heavy atom. The van der Waals surface area contributed by atoms with Crippen molar-refractivity contribution >= 4 is 17.7 Å². The second-order valence-corrected chi connectivity index (χ2v) is 12.8. The third-order valence-electron chi connectivity index (χ3n) is 10.3. The number of aliphatic hydroxyl groups excluding tert-OH is 1. The lowest BCUT2D eigenvalue weighted by molar-refractivity contribution is -0.128. The van der Waals surface area contributed by atoms with Crippen LogP contribution in [0.25, 0.3) is 0 Å². The van der Waals surface area contributed by atoms with Crippen LogP contribution in [0.4, 0.5) is 0 Å². The van der Waals surface area contributed by atoms with Crippen LogP contribution in [0.2, 0.25) is 0 Å². The van der Waals surface area contributed by atoms with Crippen LogP contribution in [0.15, 0.2) is 30.3 Å². The second kappa shape index (κ2) is 8.98. The first-order valence-corrected chi connectivity index (χ1v) is 14.1. The molecule has 176 valence electrons. The SMILES string of the molecule is C[C@]12CC[C@@H](O)C[C@H]1CC[C@@H]1[C@@H]2CC[C@]2(C)[C@@H](NC(=O)CSCc3ccccc3)CC[C@@H]12. The molecule has 0 radical (unpaired) electrons. The lowest BCUT2D eigenvalue weighted by atomic mass is 9.45. The number of fused-ring (bicyclic) bond motifs is 5. The van der Waals surface area contributed by atoms with Crippen LogP contribution in [0.5, 0.6) is 0 Å². The number of hydrogen-bond acceptors (Lipinski definition) is 3. The van der Waals surface area contributed by atoms with Gasteiger partial charge in [-0.1, -0.05) is 44.2 Å². The summed E-state index contributed by atoms with van der Waals surface area (Å²) in [4.78, 5) is 12.8. The van der Waals surface area contributed by atoms with E-state index in [0.717, 1.165) is 48.7 Å². The van der Waals surface area contributed by atoms with Crippen LogP contribution >= 0.6 is 11.8 Å². The van der Waals surface area contributed by atoms with Crippen molar-refractivity contribution < 1.29 is 9.90 Å². The Labute approximate surface area is 198 Å². The molecule has 0 saturated heterocycles. The average Bonchev–Trinajstić information content (AvgIpc) is 3.11. The summed E-state index contributed by atoms with van der Waals surface area (Å²) in [5, 5.41) is 13.7. The highest BCUT2D eigenvalue weighted by Gasteiger charge is 2.60. The van der Waals surface area contributed by atoms with Crippen LogP contribution in [0, 0.1) is 34.5 Å². The number of rotatable bonds is 5. The Hall–Kier alpha value is -1.00. The molecule has 1 aromatic rings. The molecule has 0 aliphatic heterocycles. The minimum Gasteiger partial charge on any atom is -0.393 e. The zero-order chi connectivity index (χ0) is 22.3. The van der Waals surface area contributed by atoms with Crippen molar-refractivity contribution in [2.75, 3.05) is 5.75 Å². The van der Waals surface area contributed by atoms with Crippen molar-refractivity contribution in [3.63, 3.8) is 0 Å². The fourth-order valence-corrected chi connectivity index (χ4v) is 9.34. The van der Waals surface area contributed by atoms with Gasteiger partial charge >= 0.3 is 0 Å². The third kappa shape index (κ3) is 4.04. The van der Waals surface area contributed by atoms with E-state index in [1.807, 2.05) is 6.07 Å². The van der Waals surface area contributed by atoms with E-state index in [0.29, 0.717) is 17.2 Å². The normalized spacial score (nSPS) is 43.1. The summed E-state index contributed by atoms with van der Waals surface area (Å²) in [6.07, 6.45) is 10.8. The first-order valence-electron chi connectivity index (χ1n) is 13.0. The van der Waals surface area contributed by atoms with Crippen molar-refractivity contribution in [2.45, 2.75) is 89.5 Å². The summed E-state index contributed by atoms with van der Waals surface area (Å²) in [7, 11) is 0. The van der Waals surface area contributed by atoms with E-state index < -0.39 is 0 Å². The number of carbonyl (C=O) groups excluding carboxylic acids is 1. The van der Waals surface area contributed by atoms with Gasteiger partial charge in [0.05, 0.1) is 11.9 Å². The third-order valence-corrected chi connectivity index (χ3v) is 11.3. The average molecular weight is 456 g/mol. The van der Waals surface area contributed by atoms with Gasteiger partial charge in [-0.25, -0.2) is 0 Å². The zero-order valence-corrected chi connectivity index (χ0v) is 20.7. The number of thioether (sulfide) groups is 1. The van der Waals surface area contributed by atoms with Gasteiger partial charge in [0.25, 0.3) is 0 Å². The molecule has 0 bridgehead atoms. The van der Waals surface area contributed by atoms with Gasteiger partial charge in [0.2, 0.25) is 5.91 Å². The summed E-state index contributed by atoms with van der Waals surface area (Å²) in [5.41, 5.74) is 1.98. The van der Waals surface area contributed by atoms with Gasteiger partial charge in [0.1, 0.15) is 0 Å². The summed E-state index contributed by atoms with van der Waals surface area (Å²) in [5.74, 6) is 4.79. The molecule has 8 atom stereocenters. The van der Waals surface area contributed by atoms with Gasteiger partial charge in [-0.2, -0.15) is 0 Å².